The normalized spacial score (nSPS) is 20.1. The fraction of sp³-hybridized carbons (Fsp3) is 0.600. The monoisotopic (exact) mass is 279 g/mol. The number of alkyl halides is 3. The van der Waals surface area contributed by atoms with Gasteiger partial charge in [0.05, 0.1) is 6.20 Å². The molecule has 0 amide bonds. The maximum Gasteiger partial charge on any atom is 0.490 e. The predicted molar refractivity (Wildman–Crippen MR) is 57.7 cm³/mol. The SMILES string of the molecule is O=C(O)C(F)(F)F.c1coc(N2CC3(CNC3)C2)n1. The minimum atomic E-state index is -5.08. The summed E-state index contributed by atoms with van der Waals surface area (Å²) in [6.45, 7) is 4.51. The first kappa shape index (κ1) is 13.7. The zero-order chi connectivity index (χ0) is 14.1. The van der Waals surface area contributed by atoms with Crippen molar-refractivity contribution < 1.29 is 27.5 Å². The largest absolute Gasteiger partial charge is 0.490 e. The van der Waals surface area contributed by atoms with E-state index in [4.69, 9.17) is 14.3 Å². The van der Waals surface area contributed by atoms with E-state index in [0.29, 0.717) is 5.41 Å². The summed E-state index contributed by atoms with van der Waals surface area (Å²) in [5.41, 5.74) is 0.550. The molecule has 19 heavy (non-hydrogen) atoms. The smallest absolute Gasteiger partial charge is 0.475 e. The van der Waals surface area contributed by atoms with E-state index in [1.807, 2.05) is 0 Å². The van der Waals surface area contributed by atoms with Gasteiger partial charge in [-0.15, -0.1) is 0 Å². The first-order chi connectivity index (χ1) is 8.82. The lowest BCUT2D eigenvalue weighted by atomic mass is 9.75. The summed E-state index contributed by atoms with van der Waals surface area (Å²) in [5, 5.41) is 10.4. The van der Waals surface area contributed by atoms with Gasteiger partial charge >= 0.3 is 12.1 Å². The summed E-state index contributed by atoms with van der Waals surface area (Å²) in [7, 11) is 0. The Kier molecular flexibility index (Phi) is 3.40. The molecule has 3 heterocycles. The highest BCUT2D eigenvalue weighted by Gasteiger charge is 2.48. The highest BCUT2D eigenvalue weighted by molar-refractivity contribution is 5.73. The fourth-order valence-corrected chi connectivity index (χ4v) is 1.97. The number of rotatable bonds is 1. The van der Waals surface area contributed by atoms with E-state index in [0.717, 1.165) is 32.2 Å². The lowest BCUT2D eigenvalue weighted by Gasteiger charge is -2.55. The molecule has 0 bridgehead atoms. The van der Waals surface area contributed by atoms with Crippen molar-refractivity contribution in [3.8, 4) is 0 Å². The molecule has 0 radical (unpaired) electrons. The number of aliphatic carboxylic acids is 1. The summed E-state index contributed by atoms with van der Waals surface area (Å²) in [4.78, 5) is 15.2. The predicted octanol–water partition coefficient (Wildman–Crippen LogP) is 0.718. The molecule has 1 aromatic rings. The number of carbonyl (C=O) groups is 1. The number of nitrogens with one attached hydrogen (secondary N) is 1. The van der Waals surface area contributed by atoms with Gasteiger partial charge in [0.25, 0.3) is 6.01 Å². The number of anilines is 1. The Bertz CT molecular complexity index is 435. The van der Waals surface area contributed by atoms with Crippen LogP contribution in [0.25, 0.3) is 0 Å². The molecular weight excluding hydrogens is 267 g/mol. The van der Waals surface area contributed by atoms with Crippen LogP contribution in [0.2, 0.25) is 0 Å². The van der Waals surface area contributed by atoms with Gasteiger partial charge in [0, 0.05) is 31.6 Å². The molecule has 0 atom stereocenters. The molecule has 106 valence electrons. The zero-order valence-electron chi connectivity index (χ0n) is 9.78. The van der Waals surface area contributed by atoms with E-state index in [9.17, 15) is 13.2 Å². The highest BCUT2D eigenvalue weighted by atomic mass is 19.4. The van der Waals surface area contributed by atoms with Crippen molar-refractivity contribution in [2.24, 2.45) is 5.41 Å². The molecule has 6 nitrogen and oxygen atoms in total. The van der Waals surface area contributed by atoms with Gasteiger partial charge in [-0.25, -0.2) is 9.78 Å². The maximum atomic E-state index is 10.6. The molecule has 0 unspecified atom stereocenters. The van der Waals surface area contributed by atoms with Crippen molar-refractivity contribution in [1.82, 2.24) is 10.3 Å². The Morgan fingerprint density at radius 3 is 2.37 bits per heavy atom. The average Bonchev–Trinajstić information content (AvgIpc) is 2.65. The number of carboxylic acid groups (broad SMARTS) is 1. The Morgan fingerprint density at radius 1 is 1.47 bits per heavy atom. The molecule has 0 aromatic carbocycles. The fourth-order valence-electron chi connectivity index (χ4n) is 1.97. The lowest BCUT2D eigenvalue weighted by molar-refractivity contribution is -0.192. The molecule has 9 heteroatoms. The molecule has 2 saturated heterocycles. The number of aromatic nitrogens is 1. The van der Waals surface area contributed by atoms with Crippen LogP contribution < -0.4 is 10.2 Å². The standard InChI is InChI=1S/C8H11N3O.C2HF3O2/c1-2-12-7(10-1)11-5-8(6-11)3-9-4-8;3-2(4,5)1(6)7/h1-2,9H,3-6H2;(H,6,7). The van der Waals surface area contributed by atoms with Crippen LogP contribution >= 0.6 is 0 Å². The molecule has 2 aliphatic heterocycles. The van der Waals surface area contributed by atoms with Crippen molar-refractivity contribution in [3.05, 3.63) is 12.5 Å². The molecule has 2 fully saturated rings. The maximum absolute atomic E-state index is 10.6. The number of hydrogen-bond donors (Lipinski definition) is 2. The molecule has 1 aromatic heterocycles. The second-order valence-corrected chi connectivity index (χ2v) is 4.58. The van der Waals surface area contributed by atoms with Crippen LogP contribution in [0.15, 0.2) is 16.9 Å². The van der Waals surface area contributed by atoms with E-state index < -0.39 is 12.1 Å². The van der Waals surface area contributed by atoms with Crippen LogP contribution in [0.3, 0.4) is 0 Å². The van der Waals surface area contributed by atoms with Crippen LogP contribution in [-0.4, -0.2) is 48.4 Å². The quantitative estimate of drug-likeness (QED) is 0.788. The van der Waals surface area contributed by atoms with Crippen LogP contribution in [-0.2, 0) is 4.79 Å². The molecule has 1 spiro atoms. The van der Waals surface area contributed by atoms with Gasteiger partial charge in [-0.05, 0) is 0 Å². The summed E-state index contributed by atoms with van der Waals surface area (Å²) >= 11 is 0. The zero-order valence-corrected chi connectivity index (χ0v) is 9.78. The third-order valence-electron chi connectivity index (χ3n) is 2.98. The average molecular weight is 279 g/mol. The number of carboxylic acids is 1. The lowest BCUT2D eigenvalue weighted by Crippen LogP contribution is -2.71. The Balaban J connectivity index is 0.000000167. The summed E-state index contributed by atoms with van der Waals surface area (Å²) < 4.78 is 36.9. The van der Waals surface area contributed by atoms with Gasteiger partial charge in [-0.3, -0.25) is 0 Å². The van der Waals surface area contributed by atoms with Gasteiger partial charge in [-0.1, -0.05) is 0 Å². The van der Waals surface area contributed by atoms with Gasteiger partial charge < -0.3 is 19.7 Å². The van der Waals surface area contributed by atoms with Gasteiger partial charge in [0.15, 0.2) is 0 Å². The molecule has 3 rings (SSSR count). The highest BCUT2D eigenvalue weighted by Crippen LogP contribution is 2.36. The van der Waals surface area contributed by atoms with E-state index in [2.05, 4.69) is 15.2 Å². The van der Waals surface area contributed by atoms with Gasteiger partial charge in [0.1, 0.15) is 6.26 Å². The topological polar surface area (TPSA) is 78.6 Å². The minimum Gasteiger partial charge on any atom is -0.475 e. The van der Waals surface area contributed by atoms with Crippen LogP contribution in [0.1, 0.15) is 0 Å². The molecule has 2 aliphatic rings. The Labute approximate surface area is 106 Å². The molecule has 2 N–H and O–H groups in total. The third kappa shape index (κ3) is 2.98. The summed E-state index contributed by atoms with van der Waals surface area (Å²) in [5.74, 6) is -2.76. The van der Waals surface area contributed by atoms with Crippen molar-refractivity contribution in [2.75, 3.05) is 31.1 Å². The van der Waals surface area contributed by atoms with Crippen LogP contribution in [0.4, 0.5) is 19.2 Å². The summed E-state index contributed by atoms with van der Waals surface area (Å²) in [6, 6.07) is 0.771. The van der Waals surface area contributed by atoms with Crippen molar-refractivity contribution in [3.63, 3.8) is 0 Å². The summed E-state index contributed by atoms with van der Waals surface area (Å²) in [6.07, 6.45) is -1.77. The molecular formula is C10H12F3N3O3. The third-order valence-corrected chi connectivity index (χ3v) is 2.98. The van der Waals surface area contributed by atoms with Gasteiger partial charge in [0.2, 0.25) is 0 Å². The number of oxazole rings is 1. The van der Waals surface area contributed by atoms with E-state index >= 15 is 0 Å². The first-order valence-corrected chi connectivity index (χ1v) is 5.48. The van der Waals surface area contributed by atoms with Gasteiger partial charge in [-0.2, -0.15) is 13.2 Å². The molecule has 0 aliphatic carbocycles. The first-order valence-electron chi connectivity index (χ1n) is 5.48. The minimum absolute atomic E-state index is 0.550. The second-order valence-electron chi connectivity index (χ2n) is 4.58. The Hall–Kier alpha value is -1.77. The van der Waals surface area contributed by atoms with Crippen LogP contribution in [0, 0.1) is 5.41 Å². The van der Waals surface area contributed by atoms with Crippen molar-refractivity contribution >= 4 is 12.0 Å². The van der Waals surface area contributed by atoms with E-state index in [1.54, 1.807) is 12.5 Å². The van der Waals surface area contributed by atoms with Crippen molar-refractivity contribution in [1.29, 1.82) is 0 Å². The van der Waals surface area contributed by atoms with Crippen LogP contribution in [0.5, 0.6) is 0 Å². The molecule has 0 saturated carbocycles. The van der Waals surface area contributed by atoms with E-state index in [1.165, 1.54) is 0 Å². The number of hydrogen-bond acceptors (Lipinski definition) is 5. The van der Waals surface area contributed by atoms with E-state index in [-0.39, 0.29) is 0 Å². The Morgan fingerprint density at radius 2 is 2.05 bits per heavy atom. The van der Waals surface area contributed by atoms with Crippen molar-refractivity contribution in [2.45, 2.75) is 6.18 Å². The number of nitrogens with zero attached hydrogens (tertiary/aromatic N) is 2. The second kappa shape index (κ2) is 4.72. The number of halogens is 3.